The minimum atomic E-state index is -5.06. The van der Waals surface area contributed by atoms with E-state index in [1.807, 2.05) is 12.1 Å². The molecule has 3 unspecified atom stereocenters. The average molecular weight is 582 g/mol. The van der Waals surface area contributed by atoms with Crippen molar-refractivity contribution in [2.24, 2.45) is 5.92 Å². The Kier molecular flexibility index (Phi) is 7.23. The van der Waals surface area contributed by atoms with E-state index in [0.29, 0.717) is 49.7 Å². The van der Waals surface area contributed by atoms with Crippen molar-refractivity contribution in [2.75, 3.05) is 6.54 Å². The summed E-state index contributed by atoms with van der Waals surface area (Å²) in [6.45, 7) is 0.867. The third-order valence-electron chi connectivity index (χ3n) is 9.47. The SMILES string of the molecule is CC(F)(c1ccc2c(c1)CCC1N(C(=O)C3(O)CCC(C(=O)O)CC3)CCC21Cc1ccc(Cl)cc1)C(F)(F)F. The summed E-state index contributed by atoms with van der Waals surface area (Å²) in [5.74, 6) is -1.95. The van der Waals surface area contributed by atoms with Gasteiger partial charge in [0.15, 0.2) is 0 Å². The molecule has 0 aromatic heterocycles. The number of rotatable bonds is 5. The van der Waals surface area contributed by atoms with Crippen molar-refractivity contribution in [2.45, 2.75) is 87.2 Å². The molecule has 10 heteroatoms. The van der Waals surface area contributed by atoms with Gasteiger partial charge in [-0.15, -0.1) is 0 Å². The van der Waals surface area contributed by atoms with Crippen LogP contribution in [0.3, 0.4) is 0 Å². The van der Waals surface area contributed by atoms with Gasteiger partial charge in [-0.05, 0) is 92.7 Å². The number of hydrogen-bond donors (Lipinski definition) is 2. The van der Waals surface area contributed by atoms with Crippen LogP contribution < -0.4 is 0 Å². The first-order valence-corrected chi connectivity index (χ1v) is 14.0. The number of fused-ring (bicyclic) bond motifs is 3. The van der Waals surface area contributed by atoms with E-state index in [-0.39, 0.29) is 31.7 Å². The molecular formula is C30H32ClF4NO4. The van der Waals surface area contributed by atoms with Crippen LogP contribution in [-0.2, 0) is 33.5 Å². The number of carbonyl (C=O) groups is 2. The summed E-state index contributed by atoms with van der Waals surface area (Å²) in [5.41, 5.74) is -3.91. The topological polar surface area (TPSA) is 77.8 Å². The number of benzene rings is 2. The van der Waals surface area contributed by atoms with Crippen molar-refractivity contribution >= 4 is 23.5 Å². The van der Waals surface area contributed by atoms with Crippen LogP contribution in [0.1, 0.15) is 67.7 Å². The van der Waals surface area contributed by atoms with E-state index in [1.165, 1.54) is 12.1 Å². The van der Waals surface area contributed by atoms with Gasteiger partial charge in [-0.2, -0.15) is 13.2 Å². The van der Waals surface area contributed by atoms with Crippen molar-refractivity contribution in [3.63, 3.8) is 0 Å². The van der Waals surface area contributed by atoms with E-state index in [0.717, 1.165) is 11.1 Å². The maximum atomic E-state index is 14.9. The third kappa shape index (κ3) is 4.79. The fourth-order valence-corrected chi connectivity index (χ4v) is 7.18. The molecule has 5 nitrogen and oxygen atoms in total. The van der Waals surface area contributed by atoms with Crippen molar-refractivity contribution in [1.29, 1.82) is 0 Å². The van der Waals surface area contributed by atoms with Crippen LogP contribution in [0.4, 0.5) is 17.6 Å². The lowest BCUT2D eigenvalue weighted by Crippen LogP contribution is -2.56. The molecule has 2 aromatic carbocycles. The molecule has 2 fully saturated rings. The van der Waals surface area contributed by atoms with Gasteiger partial charge >= 0.3 is 12.1 Å². The Morgan fingerprint density at radius 3 is 2.27 bits per heavy atom. The lowest BCUT2D eigenvalue weighted by atomic mass is 9.63. The predicted octanol–water partition coefficient (Wildman–Crippen LogP) is 6.12. The highest BCUT2D eigenvalue weighted by Crippen LogP contribution is 2.52. The zero-order valence-corrected chi connectivity index (χ0v) is 22.9. The predicted molar refractivity (Wildman–Crippen MR) is 141 cm³/mol. The normalized spacial score (nSPS) is 29.8. The summed E-state index contributed by atoms with van der Waals surface area (Å²) in [6.07, 6.45) is -2.74. The standard InChI is InChI=1S/C30H32ClF4NO4/c1-27(32,30(33,34)35)21-5-8-23-20(16-21)4-9-24-28(23,17-18-2-6-22(31)7-3-18)14-15-36(24)26(39)29(40)12-10-19(11-13-29)25(37)38/h2-3,5-8,16,19,24,40H,4,9-15,17H2,1H3,(H,37,38). The maximum absolute atomic E-state index is 14.9. The summed E-state index contributed by atoms with van der Waals surface area (Å²) in [5, 5.41) is 21.2. The van der Waals surface area contributed by atoms with Crippen LogP contribution in [0, 0.1) is 5.92 Å². The smallest absolute Gasteiger partial charge is 0.426 e. The minimum Gasteiger partial charge on any atom is -0.481 e. The van der Waals surface area contributed by atoms with Crippen LogP contribution in [-0.4, -0.2) is 51.4 Å². The zero-order chi connectivity index (χ0) is 29.1. The molecule has 40 heavy (non-hydrogen) atoms. The highest BCUT2D eigenvalue weighted by molar-refractivity contribution is 6.30. The summed E-state index contributed by atoms with van der Waals surface area (Å²) < 4.78 is 55.4. The van der Waals surface area contributed by atoms with Crippen molar-refractivity contribution in [1.82, 2.24) is 4.90 Å². The fraction of sp³-hybridized carbons (Fsp3) is 0.533. The van der Waals surface area contributed by atoms with E-state index in [9.17, 15) is 37.4 Å². The van der Waals surface area contributed by atoms with Gasteiger partial charge in [0.1, 0.15) is 5.60 Å². The molecule has 5 rings (SSSR count). The van der Waals surface area contributed by atoms with Gasteiger partial charge in [0, 0.05) is 23.0 Å². The van der Waals surface area contributed by atoms with Crippen LogP contribution in [0.5, 0.6) is 0 Å². The van der Waals surface area contributed by atoms with Crippen LogP contribution in [0.25, 0.3) is 0 Å². The molecule has 216 valence electrons. The Bertz CT molecular complexity index is 1300. The second kappa shape index (κ2) is 10.0. The number of likely N-dealkylation sites (tertiary alicyclic amines) is 1. The molecule has 2 aliphatic carbocycles. The number of aliphatic hydroxyl groups is 1. The molecule has 1 amide bonds. The molecule has 0 spiro atoms. The summed E-state index contributed by atoms with van der Waals surface area (Å²) in [6, 6.07) is 11.0. The van der Waals surface area contributed by atoms with Crippen LogP contribution in [0.2, 0.25) is 5.02 Å². The van der Waals surface area contributed by atoms with E-state index in [1.54, 1.807) is 23.1 Å². The van der Waals surface area contributed by atoms with Crippen molar-refractivity contribution < 1.29 is 37.4 Å². The molecule has 1 heterocycles. The van der Waals surface area contributed by atoms with E-state index < -0.39 is 46.2 Å². The average Bonchev–Trinajstić information content (AvgIpc) is 3.28. The monoisotopic (exact) mass is 581 g/mol. The Hall–Kier alpha value is -2.65. The van der Waals surface area contributed by atoms with Gasteiger partial charge in [0.05, 0.1) is 5.92 Å². The minimum absolute atomic E-state index is 0.0582. The zero-order valence-electron chi connectivity index (χ0n) is 22.1. The molecule has 2 N–H and O–H groups in total. The van der Waals surface area contributed by atoms with E-state index >= 15 is 0 Å². The quantitative estimate of drug-likeness (QED) is 0.417. The Morgan fingerprint density at radius 1 is 1.02 bits per heavy atom. The van der Waals surface area contributed by atoms with E-state index in [2.05, 4.69) is 0 Å². The number of carboxylic acids is 1. The summed E-state index contributed by atoms with van der Waals surface area (Å²) in [7, 11) is 0. The maximum Gasteiger partial charge on any atom is 0.426 e. The highest BCUT2D eigenvalue weighted by atomic mass is 35.5. The number of aliphatic carboxylic acids is 1. The lowest BCUT2D eigenvalue weighted by molar-refractivity contribution is -0.228. The molecule has 0 bridgehead atoms. The third-order valence-corrected chi connectivity index (χ3v) is 9.72. The first-order chi connectivity index (χ1) is 18.7. The van der Waals surface area contributed by atoms with Gasteiger partial charge < -0.3 is 15.1 Å². The largest absolute Gasteiger partial charge is 0.481 e. The highest BCUT2D eigenvalue weighted by Gasteiger charge is 2.57. The van der Waals surface area contributed by atoms with Gasteiger partial charge in [0.25, 0.3) is 5.91 Å². The molecule has 3 atom stereocenters. The summed E-state index contributed by atoms with van der Waals surface area (Å²) >= 11 is 6.09. The van der Waals surface area contributed by atoms with Gasteiger partial charge in [-0.1, -0.05) is 41.9 Å². The Labute approximate surface area is 235 Å². The van der Waals surface area contributed by atoms with Gasteiger partial charge in [0.2, 0.25) is 5.67 Å². The number of amides is 1. The number of aryl methyl sites for hydroxylation is 1. The first kappa shape index (κ1) is 28.9. The van der Waals surface area contributed by atoms with Crippen LogP contribution in [0.15, 0.2) is 42.5 Å². The number of halogens is 5. The molecule has 0 radical (unpaired) electrons. The molecule has 2 aromatic rings. The second-order valence-corrected chi connectivity index (χ2v) is 12.2. The molecule has 1 aliphatic heterocycles. The number of carboxylic acid groups (broad SMARTS) is 1. The number of nitrogens with zero attached hydrogens (tertiary/aromatic N) is 1. The number of carbonyl (C=O) groups excluding carboxylic acids is 1. The Balaban J connectivity index is 1.52. The van der Waals surface area contributed by atoms with Gasteiger partial charge in [-0.3, -0.25) is 9.59 Å². The van der Waals surface area contributed by atoms with E-state index in [4.69, 9.17) is 11.6 Å². The van der Waals surface area contributed by atoms with Crippen molar-refractivity contribution in [3.05, 3.63) is 69.7 Å². The van der Waals surface area contributed by atoms with Crippen molar-refractivity contribution in [3.8, 4) is 0 Å². The lowest BCUT2D eigenvalue weighted by Gasteiger charge is -2.46. The first-order valence-electron chi connectivity index (χ1n) is 13.6. The number of alkyl halides is 4. The Morgan fingerprint density at radius 2 is 1.68 bits per heavy atom. The summed E-state index contributed by atoms with van der Waals surface area (Å²) in [4.78, 5) is 26.9. The molecule has 1 saturated carbocycles. The van der Waals surface area contributed by atoms with Crippen LogP contribution >= 0.6 is 11.6 Å². The number of hydrogen-bond acceptors (Lipinski definition) is 3. The second-order valence-electron chi connectivity index (χ2n) is 11.8. The molecular weight excluding hydrogens is 550 g/mol. The molecule has 1 saturated heterocycles. The van der Waals surface area contributed by atoms with Gasteiger partial charge in [-0.25, -0.2) is 4.39 Å². The molecule has 3 aliphatic rings. The fourth-order valence-electron chi connectivity index (χ4n) is 7.06.